The average molecular weight is 232 g/mol. The molecule has 0 radical (unpaired) electrons. The highest BCUT2D eigenvalue weighted by Crippen LogP contribution is 2.17. The van der Waals surface area contributed by atoms with E-state index in [1.807, 2.05) is 30.3 Å². The van der Waals surface area contributed by atoms with Gasteiger partial charge in [-0.2, -0.15) is 12.6 Å². The van der Waals surface area contributed by atoms with Crippen molar-refractivity contribution in [2.45, 2.75) is 12.2 Å². The van der Waals surface area contributed by atoms with Crippen LogP contribution in [0.1, 0.15) is 6.92 Å². The highest BCUT2D eigenvalue weighted by molar-refractivity contribution is 7.81. The van der Waals surface area contributed by atoms with Crippen molar-refractivity contribution >= 4 is 35.1 Å². The van der Waals surface area contributed by atoms with Gasteiger partial charge in [-0.15, -0.1) is 0 Å². The Balaban J connectivity index is 2.29. The molecule has 1 aromatic heterocycles. The summed E-state index contributed by atoms with van der Waals surface area (Å²) in [5, 5.41) is 3.48. The number of hydrogen-bond acceptors (Lipinski definition) is 3. The third-order valence-corrected chi connectivity index (χ3v) is 2.48. The summed E-state index contributed by atoms with van der Waals surface area (Å²) >= 11 is 4.07. The third kappa shape index (κ3) is 2.33. The molecule has 1 amide bonds. The molecule has 1 N–H and O–H groups in total. The molecule has 3 nitrogen and oxygen atoms in total. The lowest BCUT2D eigenvalue weighted by Gasteiger charge is -2.07. The molecule has 4 heteroatoms. The van der Waals surface area contributed by atoms with Gasteiger partial charge in [0.15, 0.2) is 0 Å². The van der Waals surface area contributed by atoms with Crippen LogP contribution in [0.25, 0.3) is 10.9 Å². The third-order valence-electron chi connectivity index (χ3n) is 2.25. The second-order valence-electron chi connectivity index (χ2n) is 3.58. The van der Waals surface area contributed by atoms with E-state index in [4.69, 9.17) is 0 Å². The number of pyridine rings is 1. The highest BCUT2D eigenvalue weighted by atomic mass is 32.1. The number of amides is 1. The Hall–Kier alpha value is -1.55. The molecule has 2 aromatic rings. The zero-order valence-electron chi connectivity index (χ0n) is 8.84. The van der Waals surface area contributed by atoms with Gasteiger partial charge in [0.2, 0.25) is 5.91 Å². The molecule has 16 heavy (non-hydrogen) atoms. The Morgan fingerprint density at radius 1 is 1.44 bits per heavy atom. The van der Waals surface area contributed by atoms with Crippen LogP contribution in [0.4, 0.5) is 5.69 Å². The van der Waals surface area contributed by atoms with Gasteiger partial charge in [0.05, 0.1) is 10.8 Å². The zero-order chi connectivity index (χ0) is 11.5. The first-order valence-electron chi connectivity index (χ1n) is 5.00. The van der Waals surface area contributed by atoms with E-state index in [2.05, 4.69) is 22.9 Å². The van der Waals surface area contributed by atoms with Crippen molar-refractivity contribution in [1.29, 1.82) is 0 Å². The number of benzene rings is 1. The number of carbonyl (C=O) groups is 1. The Labute approximate surface area is 99.3 Å². The van der Waals surface area contributed by atoms with Gasteiger partial charge in [0.25, 0.3) is 0 Å². The maximum absolute atomic E-state index is 11.4. The number of fused-ring (bicyclic) bond motifs is 1. The number of anilines is 1. The van der Waals surface area contributed by atoms with Crippen molar-refractivity contribution in [2.24, 2.45) is 0 Å². The molecule has 0 saturated carbocycles. The summed E-state index contributed by atoms with van der Waals surface area (Å²) in [6.45, 7) is 1.74. The molecule has 0 fully saturated rings. The van der Waals surface area contributed by atoms with Crippen LogP contribution in [0, 0.1) is 0 Å². The molecular weight excluding hydrogens is 220 g/mol. The van der Waals surface area contributed by atoms with Crippen molar-refractivity contribution in [2.75, 3.05) is 5.32 Å². The Kier molecular flexibility index (Phi) is 3.10. The summed E-state index contributed by atoms with van der Waals surface area (Å²) in [6.07, 6.45) is 1.75. The van der Waals surface area contributed by atoms with Crippen molar-refractivity contribution in [3.05, 3.63) is 36.5 Å². The second-order valence-corrected chi connectivity index (χ2v) is 4.35. The number of nitrogens with zero attached hydrogens (tertiary/aromatic N) is 1. The molecule has 2 rings (SSSR count). The summed E-state index contributed by atoms with van der Waals surface area (Å²) in [5.74, 6) is -0.105. The zero-order valence-corrected chi connectivity index (χ0v) is 9.74. The van der Waals surface area contributed by atoms with Gasteiger partial charge in [0, 0.05) is 17.3 Å². The number of thiol groups is 1. The fourth-order valence-corrected chi connectivity index (χ4v) is 1.46. The lowest BCUT2D eigenvalue weighted by Crippen LogP contribution is -2.20. The van der Waals surface area contributed by atoms with Crippen LogP contribution in [0.15, 0.2) is 36.5 Å². The highest BCUT2D eigenvalue weighted by Gasteiger charge is 2.07. The van der Waals surface area contributed by atoms with E-state index in [0.29, 0.717) is 0 Å². The van der Waals surface area contributed by atoms with Gasteiger partial charge in [0.1, 0.15) is 0 Å². The van der Waals surface area contributed by atoms with Crippen LogP contribution in [-0.4, -0.2) is 16.1 Å². The molecule has 0 spiro atoms. The lowest BCUT2D eigenvalue weighted by molar-refractivity contribution is -0.115. The van der Waals surface area contributed by atoms with Crippen LogP contribution in [0.2, 0.25) is 0 Å². The Bertz CT molecular complexity index is 525. The smallest absolute Gasteiger partial charge is 0.236 e. The van der Waals surface area contributed by atoms with Gasteiger partial charge in [-0.3, -0.25) is 9.78 Å². The predicted octanol–water partition coefficient (Wildman–Crippen LogP) is 2.49. The van der Waals surface area contributed by atoms with E-state index >= 15 is 0 Å². The molecular formula is C12H12N2OS. The van der Waals surface area contributed by atoms with E-state index < -0.39 is 0 Å². The van der Waals surface area contributed by atoms with E-state index in [9.17, 15) is 4.79 Å². The van der Waals surface area contributed by atoms with Crippen molar-refractivity contribution in [1.82, 2.24) is 4.98 Å². The summed E-state index contributed by atoms with van der Waals surface area (Å²) < 4.78 is 0. The quantitative estimate of drug-likeness (QED) is 0.781. The predicted molar refractivity (Wildman–Crippen MR) is 68.8 cm³/mol. The molecule has 0 aliphatic carbocycles. The van der Waals surface area contributed by atoms with Crippen LogP contribution in [0.5, 0.6) is 0 Å². The topological polar surface area (TPSA) is 42.0 Å². The van der Waals surface area contributed by atoms with E-state index in [1.165, 1.54) is 0 Å². The van der Waals surface area contributed by atoms with Gasteiger partial charge in [-0.25, -0.2) is 0 Å². The Morgan fingerprint density at radius 3 is 3.00 bits per heavy atom. The monoisotopic (exact) mass is 232 g/mol. The van der Waals surface area contributed by atoms with Crippen LogP contribution >= 0.6 is 12.6 Å². The molecule has 82 valence electrons. The molecule has 1 aromatic carbocycles. The maximum atomic E-state index is 11.4. The minimum Gasteiger partial charge on any atom is -0.325 e. The average Bonchev–Trinajstić information content (AvgIpc) is 2.28. The molecule has 0 saturated heterocycles. The molecule has 1 atom stereocenters. The largest absolute Gasteiger partial charge is 0.325 e. The molecule has 0 aliphatic rings. The fourth-order valence-electron chi connectivity index (χ4n) is 1.40. The van der Waals surface area contributed by atoms with E-state index in [0.717, 1.165) is 16.6 Å². The lowest BCUT2D eigenvalue weighted by atomic mass is 10.2. The van der Waals surface area contributed by atoms with Crippen molar-refractivity contribution in [3.63, 3.8) is 0 Å². The number of carbonyl (C=O) groups excluding carboxylic acids is 1. The first kappa shape index (κ1) is 11.0. The van der Waals surface area contributed by atoms with Crippen molar-refractivity contribution < 1.29 is 4.79 Å². The molecule has 1 unspecified atom stereocenters. The minimum atomic E-state index is -0.315. The summed E-state index contributed by atoms with van der Waals surface area (Å²) in [6, 6.07) is 9.45. The van der Waals surface area contributed by atoms with Gasteiger partial charge >= 0.3 is 0 Å². The van der Waals surface area contributed by atoms with Crippen LogP contribution < -0.4 is 5.32 Å². The van der Waals surface area contributed by atoms with Gasteiger partial charge in [-0.05, 0) is 31.2 Å². The number of rotatable bonds is 2. The normalized spacial score (nSPS) is 12.4. The number of nitrogens with one attached hydrogen (secondary N) is 1. The van der Waals surface area contributed by atoms with Gasteiger partial charge < -0.3 is 5.32 Å². The van der Waals surface area contributed by atoms with Crippen molar-refractivity contribution in [3.8, 4) is 0 Å². The summed E-state index contributed by atoms with van der Waals surface area (Å²) in [4.78, 5) is 15.7. The second kappa shape index (κ2) is 4.53. The molecule has 0 aliphatic heterocycles. The standard InChI is InChI=1S/C12H12N2OS/c1-8(16)12(15)14-10-4-5-11-9(7-10)3-2-6-13-11/h2-8,16H,1H3,(H,14,15). The first-order chi connectivity index (χ1) is 7.66. The molecule has 0 bridgehead atoms. The summed E-state index contributed by atoms with van der Waals surface area (Å²) in [5.41, 5.74) is 1.69. The molecule has 1 heterocycles. The summed E-state index contributed by atoms with van der Waals surface area (Å²) in [7, 11) is 0. The van der Waals surface area contributed by atoms with Gasteiger partial charge in [-0.1, -0.05) is 6.07 Å². The minimum absolute atomic E-state index is 0.105. The SMILES string of the molecule is CC(S)C(=O)Nc1ccc2ncccc2c1. The fraction of sp³-hybridized carbons (Fsp3) is 0.167. The number of hydrogen-bond donors (Lipinski definition) is 2. The van der Waals surface area contributed by atoms with E-state index in [1.54, 1.807) is 13.1 Å². The number of aromatic nitrogens is 1. The first-order valence-corrected chi connectivity index (χ1v) is 5.52. The van der Waals surface area contributed by atoms with Crippen LogP contribution in [-0.2, 0) is 4.79 Å². The van der Waals surface area contributed by atoms with E-state index in [-0.39, 0.29) is 11.2 Å². The van der Waals surface area contributed by atoms with Crippen LogP contribution in [0.3, 0.4) is 0 Å². The maximum Gasteiger partial charge on any atom is 0.236 e. The Morgan fingerprint density at radius 2 is 2.25 bits per heavy atom.